The van der Waals surface area contributed by atoms with Gasteiger partial charge >= 0.3 is 0 Å². The molecule has 31 heavy (non-hydrogen) atoms. The van der Waals surface area contributed by atoms with Gasteiger partial charge in [-0.25, -0.2) is 0 Å². The molecular weight excluding hydrogens is 398 g/mol. The molecule has 1 rings (SSSR count). The van der Waals surface area contributed by atoms with E-state index >= 15 is 0 Å². The second-order valence-electron chi connectivity index (χ2n) is 10.0. The molecular formula is C29H52ClN. The van der Waals surface area contributed by atoms with E-state index in [4.69, 9.17) is 0 Å². The van der Waals surface area contributed by atoms with Gasteiger partial charge in [-0.15, -0.1) is 0 Å². The van der Waals surface area contributed by atoms with Gasteiger partial charge in [0, 0.05) is 0 Å². The van der Waals surface area contributed by atoms with E-state index in [1.54, 1.807) is 0 Å². The minimum atomic E-state index is 0. The lowest BCUT2D eigenvalue weighted by Crippen LogP contribution is -3.00. The molecule has 0 bridgehead atoms. The Balaban J connectivity index is 0.00000900. The summed E-state index contributed by atoms with van der Waals surface area (Å²) in [6.07, 6.45) is 27.6. The maximum atomic E-state index is 2.34. The van der Waals surface area contributed by atoms with Crippen molar-refractivity contribution in [1.29, 1.82) is 0 Å². The minimum Gasteiger partial charge on any atom is -1.00 e. The lowest BCUT2D eigenvalue weighted by atomic mass is 10.0. The Labute approximate surface area is 201 Å². The number of hydrogen-bond donors (Lipinski definition) is 0. The van der Waals surface area contributed by atoms with E-state index in [0.717, 1.165) is 4.48 Å². The predicted molar refractivity (Wildman–Crippen MR) is 137 cm³/mol. The summed E-state index contributed by atoms with van der Waals surface area (Å²) in [4.78, 5) is 0. The highest BCUT2D eigenvalue weighted by molar-refractivity contribution is 5.48. The van der Waals surface area contributed by atoms with Gasteiger partial charge in [0.2, 0.25) is 0 Å². The van der Waals surface area contributed by atoms with Crippen LogP contribution in [-0.4, -0.2) is 25.1 Å². The lowest BCUT2D eigenvalue weighted by molar-refractivity contribution is -0.838. The molecule has 0 atom stereocenters. The molecule has 0 aliphatic heterocycles. The third-order valence-electron chi connectivity index (χ3n) is 6.34. The summed E-state index contributed by atoms with van der Waals surface area (Å²) in [7, 11) is 4.63. The summed E-state index contributed by atoms with van der Waals surface area (Å²) in [6.45, 7) is 5.68. The molecule has 1 aromatic rings. The van der Waals surface area contributed by atoms with Crippen LogP contribution in [0.2, 0.25) is 0 Å². The molecule has 0 fully saturated rings. The SMILES string of the molecule is CCCCCCCCCCCCCCCCCC[N+](C)(C)C=Cc1ccc(C)cc1.[Cl-]. The first-order chi connectivity index (χ1) is 14.5. The van der Waals surface area contributed by atoms with Crippen molar-refractivity contribution in [3.8, 4) is 0 Å². The van der Waals surface area contributed by atoms with Gasteiger partial charge in [0.1, 0.15) is 0 Å². The number of aryl methyl sites for hydroxylation is 1. The zero-order valence-electron chi connectivity index (χ0n) is 21.3. The molecule has 0 heterocycles. The summed E-state index contributed by atoms with van der Waals surface area (Å²) >= 11 is 0. The second kappa shape index (κ2) is 19.9. The standard InChI is InChI=1S/C29H52N.ClH/c1-5-6-7-8-9-10-11-12-13-14-15-16-17-18-19-20-26-30(3,4)27-25-29-23-21-28(2)22-24-29;/h21-25,27H,5-20,26H2,1-4H3;1H/q+1;/p-1. The molecule has 1 nitrogen and oxygen atoms in total. The van der Waals surface area contributed by atoms with Crippen molar-refractivity contribution in [3.63, 3.8) is 0 Å². The van der Waals surface area contributed by atoms with Crippen LogP contribution in [0.25, 0.3) is 6.08 Å². The van der Waals surface area contributed by atoms with Crippen LogP contribution in [0, 0.1) is 6.92 Å². The highest BCUT2D eigenvalue weighted by Gasteiger charge is 2.10. The normalized spacial score (nSPS) is 11.7. The van der Waals surface area contributed by atoms with Crippen LogP contribution in [0.15, 0.2) is 30.5 Å². The number of nitrogens with zero attached hydrogens (tertiary/aromatic N) is 1. The molecule has 0 saturated carbocycles. The van der Waals surface area contributed by atoms with Crippen molar-refractivity contribution in [2.75, 3.05) is 20.6 Å². The van der Waals surface area contributed by atoms with Crippen LogP contribution < -0.4 is 12.4 Å². The Morgan fingerprint density at radius 3 is 1.42 bits per heavy atom. The van der Waals surface area contributed by atoms with Crippen LogP contribution >= 0.6 is 0 Å². The van der Waals surface area contributed by atoms with Gasteiger partial charge in [-0.3, -0.25) is 0 Å². The highest BCUT2D eigenvalue weighted by atomic mass is 35.5. The molecule has 0 radical (unpaired) electrons. The van der Waals surface area contributed by atoms with Crippen LogP contribution in [0.1, 0.15) is 121 Å². The minimum absolute atomic E-state index is 0. The molecule has 0 aromatic heterocycles. The van der Waals surface area contributed by atoms with Gasteiger partial charge in [-0.1, -0.05) is 127 Å². The highest BCUT2D eigenvalue weighted by Crippen LogP contribution is 2.15. The fraction of sp³-hybridized carbons (Fsp3) is 0.724. The zero-order chi connectivity index (χ0) is 21.9. The lowest BCUT2D eigenvalue weighted by Gasteiger charge is -2.25. The zero-order valence-corrected chi connectivity index (χ0v) is 22.1. The Hall–Kier alpha value is -0.790. The molecule has 2 heteroatoms. The molecule has 0 aliphatic rings. The van der Waals surface area contributed by atoms with Crippen molar-refractivity contribution < 1.29 is 16.9 Å². The Bertz CT molecular complexity index is 532. The third-order valence-corrected chi connectivity index (χ3v) is 6.34. The molecule has 1 aromatic carbocycles. The van der Waals surface area contributed by atoms with Gasteiger partial charge in [-0.05, 0) is 31.4 Å². The molecule has 0 aliphatic carbocycles. The van der Waals surface area contributed by atoms with E-state index < -0.39 is 0 Å². The summed E-state index contributed by atoms with van der Waals surface area (Å²) in [5, 5.41) is 0. The third kappa shape index (κ3) is 18.5. The van der Waals surface area contributed by atoms with Crippen LogP contribution in [-0.2, 0) is 0 Å². The fourth-order valence-corrected chi connectivity index (χ4v) is 4.11. The maximum Gasteiger partial charge on any atom is 0.0960 e. The van der Waals surface area contributed by atoms with Crippen molar-refractivity contribution in [2.45, 2.75) is 117 Å². The van der Waals surface area contributed by atoms with E-state index in [2.05, 4.69) is 64.5 Å². The Morgan fingerprint density at radius 1 is 0.613 bits per heavy atom. The number of hydrogen-bond acceptors (Lipinski definition) is 0. The quantitative estimate of drug-likeness (QED) is 0.171. The monoisotopic (exact) mass is 449 g/mol. The van der Waals surface area contributed by atoms with Gasteiger partial charge in [0.15, 0.2) is 0 Å². The first kappa shape index (κ1) is 30.2. The molecule has 0 spiro atoms. The summed E-state index contributed by atoms with van der Waals surface area (Å²) in [5.74, 6) is 0. The van der Waals surface area contributed by atoms with E-state index in [1.165, 1.54) is 120 Å². The number of unbranched alkanes of at least 4 members (excludes halogenated alkanes) is 15. The van der Waals surface area contributed by atoms with Crippen LogP contribution in [0.3, 0.4) is 0 Å². The fourth-order valence-electron chi connectivity index (χ4n) is 4.11. The van der Waals surface area contributed by atoms with Crippen molar-refractivity contribution in [1.82, 2.24) is 0 Å². The average molecular weight is 450 g/mol. The van der Waals surface area contributed by atoms with E-state index in [-0.39, 0.29) is 12.4 Å². The summed E-state index contributed by atoms with van der Waals surface area (Å²) in [6, 6.07) is 8.80. The van der Waals surface area contributed by atoms with E-state index in [0.29, 0.717) is 0 Å². The summed E-state index contributed by atoms with van der Waals surface area (Å²) in [5.41, 5.74) is 2.63. The topological polar surface area (TPSA) is 0 Å². The van der Waals surface area contributed by atoms with Gasteiger partial charge < -0.3 is 16.9 Å². The first-order valence-electron chi connectivity index (χ1n) is 13.1. The maximum absolute atomic E-state index is 2.34. The van der Waals surface area contributed by atoms with Gasteiger partial charge in [0.25, 0.3) is 0 Å². The number of rotatable bonds is 19. The largest absolute Gasteiger partial charge is 1.00 e. The molecule has 0 unspecified atom stereocenters. The van der Waals surface area contributed by atoms with E-state index in [1.807, 2.05) is 0 Å². The van der Waals surface area contributed by atoms with Crippen LogP contribution in [0.5, 0.6) is 0 Å². The molecule has 0 amide bonds. The second-order valence-corrected chi connectivity index (χ2v) is 10.0. The van der Waals surface area contributed by atoms with Crippen molar-refractivity contribution >= 4 is 6.08 Å². The van der Waals surface area contributed by atoms with Crippen molar-refractivity contribution in [3.05, 3.63) is 41.6 Å². The molecule has 0 saturated heterocycles. The number of benzene rings is 1. The number of quaternary nitrogens is 1. The smallest absolute Gasteiger partial charge is 0.0960 e. The van der Waals surface area contributed by atoms with Gasteiger partial charge in [-0.2, -0.15) is 0 Å². The van der Waals surface area contributed by atoms with Crippen molar-refractivity contribution in [2.24, 2.45) is 0 Å². The predicted octanol–water partition coefficient (Wildman–Crippen LogP) is 6.31. The first-order valence-corrected chi connectivity index (χ1v) is 13.1. The Morgan fingerprint density at radius 2 is 1.00 bits per heavy atom. The average Bonchev–Trinajstić information content (AvgIpc) is 2.73. The van der Waals surface area contributed by atoms with Gasteiger partial charge in [0.05, 0.1) is 26.8 Å². The molecule has 0 N–H and O–H groups in total. The van der Waals surface area contributed by atoms with E-state index in [9.17, 15) is 0 Å². The Kier molecular flexibility index (Phi) is 19.4. The summed E-state index contributed by atoms with van der Waals surface area (Å²) < 4.78 is 0.979. The van der Waals surface area contributed by atoms with Crippen LogP contribution in [0.4, 0.5) is 0 Å². The number of halogens is 1. The molecule has 180 valence electrons.